The molecule has 0 aliphatic rings. The lowest BCUT2D eigenvalue weighted by atomic mass is 10.1. The van der Waals surface area contributed by atoms with Crippen LogP contribution in [-0.4, -0.2) is 26.2 Å². The third-order valence-corrected chi connectivity index (χ3v) is 4.24. The fourth-order valence-electron chi connectivity index (χ4n) is 1.41. The molecule has 0 unspecified atom stereocenters. The monoisotopic (exact) mass is 260 g/mol. The largest absolute Gasteiger partial charge is 0.469 e. The number of rotatable bonds is 8. The van der Waals surface area contributed by atoms with Crippen LogP contribution in [0.1, 0.15) is 18.6 Å². The van der Waals surface area contributed by atoms with E-state index in [1.165, 1.54) is 14.2 Å². The van der Waals surface area contributed by atoms with Crippen LogP contribution in [0.3, 0.4) is 0 Å². The smallest absolute Gasteiger partial charge is 0.337 e. The molecule has 1 aromatic rings. The van der Waals surface area contributed by atoms with Crippen LogP contribution in [0.25, 0.3) is 0 Å². The van der Waals surface area contributed by atoms with Crippen LogP contribution in [0, 0.1) is 0 Å². The van der Waals surface area contributed by atoms with Crippen molar-refractivity contribution in [2.45, 2.75) is 19.3 Å². The molecule has 0 aliphatic carbocycles. The van der Waals surface area contributed by atoms with Gasteiger partial charge in [0.15, 0.2) is 0 Å². The van der Waals surface area contributed by atoms with E-state index in [0.717, 1.165) is 5.76 Å². The van der Waals surface area contributed by atoms with Gasteiger partial charge in [-0.15, -0.1) is 0 Å². The van der Waals surface area contributed by atoms with Gasteiger partial charge in [0.25, 0.3) is 0 Å². The molecule has 0 spiro atoms. The second-order valence-electron chi connectivity index (χ2n) is 3.61. The number of aryl methyl sites for hydroxylation is 1. The SMILES string of the molecule is COP(=O)(CC(=O)CCCc1ccco1)OC. The lowest BCUT2D eigenvalue weighted by molar-refractivity contribution is -0.117. The maximum atomic E-state index is 11.7. The van der Waals surface area contributed by atoms with Crippen LogP contribution >= 0.6 is 7.60 Å². The minimum Gasteiger partial charge on any atom is -0.469 e. The van der Waals surface area contributed by atoms with Crippen molar-refractivity contribution in [3.8, 4) is 0 Å². The summed E-state index contributed by atoms with van der Waals surface area (Å²) in [6, 6.07) is 3.67. The number of furan rings is 1. The second-order valence-corrected chi connectivity index (χ2v) is 5.87. The summed E-state index contributed by atoms with van der Waals surface area (Å²) in [5.41, 5.74) is 0. The van der Waals surface area contributed by atoms with Gasteiger partial charge in [0.05, 0.1) is 6.26 Å². The average Bonchev–Trinajstić information content (AvgIpc) is 2.82. The molecule has 0 fully saturated rings. The third-order valence-electron chi connectivity index (χ3n) is 2.39. The van der Waals surface area contributed by atoms with E-state index < -0.39 is 7.60 Å². The maximum absolute atomic E-state index is 11.7. The summed E-state index contributed by atoms with van der Waals surface area (Å²) in [6.07, 6.45) is 3.14. The second kappa shape index (κ2) is 6.74. The highest BCUT2D eigenvalue weighted by molar-refractivity contribution is 7.54. The Kier molecular flexibility index (Phi) is 5.62. The summed E-state index contributed by atoms with van der Waals surface area (Å²) < 4.78 is 26.2. The molecular weight excluding hydrogens is 243 g/mol. The van der Waals surface area contributed by atoms with Gasteiger partial charge in [0, 0.05) is 27.1 Å². The first-order chi connectivity index (χ1) is 8.09. The van der Waals surface area contributed by atoms with E-state index in [1.54, 1.807) is 12.3 Å². The molecule has 0 saturated heterocycles. The van der Waals surface area contributed by atoms with E-state index in [9.17, 15) is 9.36 Å². The molecular formula is C11H17O5P. The van der Waals surface area contributed by atoms with E-state index in [4.69, 9.17) is 13.5 Å². The van der Waals surface area contributed by atoms with Gasteiger partial charge < -0.3 is 13.5 Å². The molecule has 1 aromatic heterocycles. The Morgan fingerprint density at radius 3 is 2.65 bits per heavy atom. The van der Waals surface area contributed by atoms with Crippen molar-refractivity contribution in [2.75, 3.05) is 20.4 Å². The molecule has 0 aromatic carbocycles. The van der Waals surface area contributed by atoms with Gasteiger partial charge in [-0.3, -0.25) is 9.36 Å². The first-order valence-corrected chi connectivity index (χ1v) is 7.07. The Bertz CT molecular complexity index is 377. The molecule has 1 heterocycles. The highest BCUT2D eigenvalue weighted by Gasteiger charge is 2.24. The van der Waals surface area contributed by atoms with E-state index in [-0.39, 0.29) is 11.9 Å². The Labute approximate surface area is 101 Å². The molecule has 0 saturated carbocycles. The Hall–Kier alpha value is -0.900. The fraction of sp³-hybridized carbons (Fsp3) is 0.545. The number of ketones is 1. The normalized spacial score (nSPS) is 11.6. The minimum atomic E-state index is -3.21. The summed E-state index contributed by atoms with van der Waals surface area (Å²) in [7, 11) is -0.654. The van der Waals surface area contributed by atoms with Crippen LogP contribution in [0.2, 0.25) is 0 Å². The van der Waals surface area contributed by atoms with Crippen molar-refractivity contribution in [3.63, 3.8) is 0 Å². The van der Waals surface area contributed by atoms with Crippen molar-refractivity contribution < 1.29 is 22.8 Å². The molecule has 17 heavy (non-hydrogen) atoms. The third kappa shape index (κ3) is 4.86. The summed E-state index contributed by atoms with van der Waals surface area (Å²) in [4.78, 5) is 11.5. The molecule has 0 bridgehead atoms. The van der Waals surface area contributed by atoms with E-state index in [0.29, 0.717) is 19.3 Å². The summed E-state index contributed by atoms with van der Waals surface area (Å²) in [6.45, 7) is 0. The van der Waals surface area contributed by atoms with E-state index in [1.807, 2.05) is 6.07 Å². The Morgan fingerprint density at radius 2 is 2.12 bits per heavy atom. The van der Waals surface area contributed by atoms with Crippen molar-refractivity contribution >= 4 is 13.4 Å². The first kappa shape index (κ1) is 14.2. The number of Topliss-reactive ketones (excluding diaryl/α,β-unsaturated/α-hetero) is 1. The van der Waals surface area contributed by atoms with Gasteiger partial charge in [0.2, 0.25) is 0 Å². The van der Waals surface area contributed by atoms with Crippen molar-refractivity contribution in [3.05, 3.63) is 24.2 Å². The predicted octanol–water partition coefficient (Wildman–Crippen LogP) is 2.66. The van der Waals surface area contributed by atoms with Gasteiger partial charge in [0.1, 0.15) is 17.7 Å². The maximum Gasteiger partial charge on any atom is 0.337 e. The topological polar surface area (TPSA) is 65.7 Å². The Morgan fingerprint density at radius 1 is 1.41 bits per heavy atom. The highest BCUT2D eigenvalue weighted by Crippen LogP contribution is 2.46. The molecule has 0 radical (unpaired) electrons. The van der Waals surface area contributed by atoms with Crippen molar-refractivity contribution in [1.82, 2.24) is 0 Å². The number of carbonyl (C=O) groups excluding carboxylic acids is 1. The van der Waals surface area contributed by atoms with Gasteiger partial charge in [-0.1, -0.05) is 0 Å². The van der Waals surface area contributed by atoms with Crippen LogP contribution < -0.4 is 0 Å². The Balaban J connectivity index is 2.28. The van der Waals surface area contributed by atoms with Crippen LogP contribution in [0.5, 0.6) is 0 Å². The van der Waals surface area contributed by atoms with E-state index >= 15 is 0 Å². The molecule has 96 valence electrons. The van der Waals surface area contributed by atoms with Gasteiger partial charge in [-0.05, 0) is 18.6 Å². The predicted molar refractivity (Wildman–Crippen MR) is 63.1 cm³/mol. The minimum absolute atomic E-state index is 0.122. The molecule has 0 aliphatic heterocycles. The molecule has 0 amide bonds. The zero-order chi connectivity index (χ0) is 12.7. The standard InChI is InChI=1S/C11H17O5P/c1-14-17(13,15-2)9-10(12)5-3-6-11-7-4-8-16-11/h4,7-8H,3,5-6,9H2,1-2H3. The summed E-state index contributed by atoms with van der Waals surface area (Å²) >= 11 is 0. The van der Waals surface area contributed by atoms with Crippen LogP contribution in [0.15, 0.2) is 22.8 Å². The zero-order valence-electron chi connectivity index (χ0n) is 10.0. The quantitative estimate of drug-likeness (QED) is 0.672. The lowest BCUT2D eigenvalue weighted by Crippen LogP contribution is -2.08. The van der Waals surface area contributed by atoms with Crippen molar-refractivity contribution in [1.29, 1.82) is 0 Å². The van der Waals surface area contributed by atoms with Gasteiger partial charge in [-0.2, -0.15) is 0 Å². The molecule has 0 N–H and O–H groups in total. The van der Waals surface area contributed by atoms with Crippen LogP contribution in [-0.2, 0) is 24.8 Å². The lowest BCUT2D eigenvalue weighted by Gasteiger charge is -2.12. The van der Waals surface area contributed by atoms with Gasteiger partial charge >= 0.3 is 7.60 Å². The average molecular weight is 260 g/mol. The molecule has 0 atom stereocenters. The summed E-state index contributed by atoms with van der Waals surface area (Å²) in [5.74, 6) is 0.725. The fourth-order valence-corrected chi connectivity index (χ4v) is 2.41. The van der Waals surface area contributed by atoms with Crippen molar-refractivity contribution in [2.24, 2.45) is 0 Å². The summed E-state index contributed by atoms with van der Waals surface area (Å²) in [5, 5.41) is 0. The molecule has 1 rings (SSSR count). The van der Waals surface area contributed by atoms with Crippen LogP contribution in [0.4, 0.5) is 0 Å². The molecule has 6 heteroatoms. The first-order valence-electron chi connectivity index (χ1n) is 5.34. The van der Waals surface area contributed by atoms with E-state index in [2.05, 4.69) is 0 Å². The number of hydrogen-bond acceptors (Lipinski definition) is 5. The number of carbonyl (C=O) groups is 1. The zero-order valence-corrected chi connectivity index (χ0v) is 10.9. The highest BCUT2D eigenvalue weighted by atomic mass is 31.2. The molecule has 5 nitrogen and oxygen atoms in total. The van der Waals surface area contributed by atoms with Gasteiger partial charge in [-0.25, -0.2) is 0 Å². The number of hydrogen-bond donors (Lipinski definition) is 0.